The Labute approximate surface area is 151 Å². The van der Waals surface area contributed by atoms with Crippen LogP contribution in [0.1, 0.15) is 39.3 Å². The molecule has 136 valence electrons. The largest absolute Gasteiger partial charge is 0.494 e. The van der Waals surface area contributed by atoms with Gasteiger partial charge in [-0.1, -0.05) is 24.3 Å². The molecule has 6 heteroatoms. The van der Waals surface area contributed by atoms with Crippen LogP contribution in [0.25, 0.3) is 0 Å². The molecule has 2 aliphatic rings. The number of benzene rings is 1. The first-order chi connectivity index (χ1) is 11.7. The Kier molecular flexibility index (Phi) is 5.08. The van der Waals surface area contributed by atoms with E-state index in [1.165, 1.54) is 0 Å². The molecule has 1 unspecified atom stereocenters. The number of piperazine rings is 1. The number of carbonyl (C=O) groups is 1. The molecule has 2 heterocycles. The maximum atomic E-state index is 11.8. The molecule has 25 heavy (non-hydrogen) atoms. The molecule has 5 nitrogen and oxygen atoms in total. The van der Waals surface area contributed by atoms with E-state index in [1.807, 2.05) is 18.2 Å². The van der Waals surface area contributed by atoms with Gasteiger partial charge in [-0.2, -0.15) is 0 Å². The predicted molar refractivity (Wildman–Crippen MR) is 100 cm³/mol. The summed E-state index contributed by atoms with van der Waals surface area (Å²) in [5.74, 6) is 0. The van der Waals surface area contributed by atoms with Gasteiger partial charge in [-0.05, 0) is 45.8 Å². The second kappa shape index (κ2) is 6.84. The van der Waals surface area contributed by atoms with Crippen LogP contribution in [0.15, 0.2) is 24.3 Å². The van der Waals surface area contributed by atoms with Crippen LogP contribution in [0.5, 0.6) is 0 Å². The fourth-order valence-corrected chi connectivity index (χ4v) is 3.34. The van der Waals surface area contributed by atoms with Crippen LogP contribution in [-0.4, -0.2) is 67.6 Å². The number of hydrogen-bond donors (Lipinski definition) is 0. The first-order valence-electron chi connectivity index (χ1n) is 9.07. The van der Waals surface area contributed by atoms with Gasteiger partial charge in [-0.25, -0.2) is 0 Å². The van der Waals surface area contributed by atoms with Crippen LogP contribution < -0.4 is 5.46 Å². The molecule has 0 aliphatic carbocycles. The van der Waals surface area contributed by atoms with Crippen molar-refractivity contribution in [2.45, 2.75) is 44.9 Å². The molecule has 1 atom stereocenters. The van der Waals surface area contributed by atoms with Crippen molar-refractivity contribution in [3.05, 3.63) is 29.8 Å². The number of carbonyl (C=O) groups excluding carboxylic acids is 1. The number of hydrogen-bond acceptors (Lipinski definition) is 5. The molecule has 0 spiro atoms. The van der Waals surface area contributed by atoms with Crippen molar-refractivity contribution < 1.29 is 14.1 Å². The molecule has 3 rings (SSSR count). The third-order valence-corrected chi connectivity index (χ3v) is 5.84. The summed E-state index contributed by atoms with van der Waals surface area (Å²) < 4.78 is 12.3. The normalized spacial score (nSPS) is 25.1. The van der Waals surface area contributed by atoms with E-state index in [1.54, 1.807) is 0 Å². The molecule has 0 radical (unpaired) electrons. The van der Waals surface area contributed by atoms with E-state index in [9.17, 15) is 4.79 Å². The van der Waals surface area contributed by atoms with Crippen molar-refractivity contribution in [2.24, 2.45) is 0 Å². The second-order valence-corrected chi connectivity index (χ2v) is 8.18. The smallest absolute Gasteiger partial charge is 0.399 e. The zero-order chi connectivity index (χ0) is 18.2. The Hall–Kier alpha value is -1.21. The van der Waals surface area contributed by atoms with Gasteiger partial charge in [0.15, 0.2) is 0 Å². The molecular weight excluding hydrogens is 315 g/mol. The van der Waals surface area contributed by atoms with Gasteiger partial charge >= 0.3 is 7.12 Å². The highest BCUT2D eigenvalue weighted by atomic mass is 16.7. The van der Waals surface area contributed by atoms with Crippen molar-refractivity contribution >= 4 is 18.9 Å². The molecule has 2 saturated heterocycles. The average Bonchev–Trinajstić information content (AvgIpc) is 2.78. The lowest BCUT2D eigenvalue weighted by atomic mass is 9.78. The van der Waals surface area contributed by atoms with Crippen LogP contribution in [0.2, 0.25) is 0 Å². The van der Waals surface area contributed by atoms with Gasteiger partial charge < -0.3 is 19.0 Å². The molecule has 0 aromatic heterocycles. The molecule has 1 aromatic rings. The summed E-state index contributed by atoms with van der Waals surface area (Å²) in [6.07, 6.45) is 1.05. The van der Waals surface area contributed by atoms with E-state index in [0.717, 1.165) is 43.5 Å². The molecule has 2 aliphatic heterocycles. The highest BCUT2D eigenvalue weighted by Crippen LogP contribution is 2.36. The van der Waals surface area contributed by atoms with Gasteiger partial charge in [-0.15, -0.1) is 0 Å². The van der Waals surface area contributed by atoms with Crippen molar-refractivity contribution in [1.82, 2.24) is 9.80 Å². The zero-order valence-corrected chi connectivity index (χ0v) is 16.0. The van der Waals surface area contributed by atoms with Crippen LogP contribution in [0.4, 0.5) is 0 Å². The summed E-state index contributed by atoms with van der Waals surface area (Å²) >= 11 is 0. The Morgan fingerprint density at radius 3 is 2.24 bits per heavy atom. The van der Waals surface area contributed by atoms with Crippen LogP contribution in [-0.2, 0) is 14.1 Å². The van der Waals surface area contributed by atoms with Crippen molar-refractivity contribution in [1.29, 1.82) is 0 Å². The van der Waals surface area contributed by atoms with Gasteiger partial charge in [0, 0.05) is 26.2 Å². The van der Waals surface area contributed by atoms with Crippen molar-refractivity contribution in [3.8, 4) is 0 Å². The summed E-state index contributed by atoms with van der Waals surface area (Å²) in [6, 6.07) is 7.86. The van der Waals surface area contributed by atoms with E-state index in [0.29, 0.717) is 0 Å². The standard InChI is InChI=1S/C19H29BN2O3/c1-18(2)19(3,4)25-20(24-18)16-8-6-7-15(13-16)17(14-23)22-11-9-21(5)10-12-22/h6-8,13-14,17H,9-12H2,1-5H3. The summed E-state index contributed by atoms with van der Waals surface area (Å²) in [5, 5.41) is 0. The lowest BCUT2D eigenvalue weighted by Gasteiger charge is -2.36. The maximum Gasteiger partial charge on any atom is 0.494 e. The third-order valence-electron chi connectivity index (χ3n) is 5.84. The third kappa shape index (κ3) is 3.67. The van der Waals surface area contributed by atoms with Crippen LogP contribution in [0.3, 0.4) is 0 Å². The SMILES string of the molecule is CN1CCN(C(C=O)c2cccc(B3OC(C)(C)C(C)(C)O3)c2)CC1. The van der Waals surface area contributed by atoms with E-state index >= 15 is 0 Å². The Morgan fingerprint density at radius 1 is 1.08 bits per heavy atom. The Balaban J connectivity index is 1.80. The molecule has 0 amide bonds. The van der Waals surface area contributed by atoms with Gasteiger partial charge in [-0.3, -0.25) is 4.90 Å². The van der Waals surface area contributed by atoms with Gasteiger partial charge in [0.25, 0.3) is 0 Å². The van der Waals surface area contributed by atoms with Gasteiger partial charge in [0.05, 0.1) is 17.2 Å². The van der Waals surface area contributed by atoms with E-state index in [2.05, 4.69) is 50.6 Å². The monoisotopic (exact) mass is 344 g/mol. The first-order valence-corrected chi connectivity index (χ1v) is 9.07. The number of rotatable bonds is 4. The molecule has 0 saturated carbocycles. The van der Waals surface area contributed by atoms with E-state index in [-0.39, 0.29) is 17.2 Å². The molecule has 0 N–H and O–H groups in total. The minimum absolute atomic E-state index is 0.212. The maximum absolute atomic E-state index is 11.8. The zero-order valence-electron chi connectivity index (χ0n) is 16.0. The predicted octanol–water partition coefficient (Wildman–Crippen LogP) is 1.47. The second-order valence-electron chi connectivity index (χ2n) is 8.18. The lowest BCUT2D eigenvalue weighted by Crippen LogP contribution is -2.46. The minimum atomic E-state index is -0.398. The summed E-state index contributed by atoms with van der Waals surface area (Å²) in [7, 11) is 1.72. The molecular formula is C19H29BN2O3. The van der Waals surface area contributed by atoms with E-state index < -0.39 is 7.12 Å². The summed E-state index contributed by atoms with van der Waals surface area (Å²) in [6.45, 7) is 12.0. The van der Waals surface area contributed by atoms with Gasteiger partial charge in [0.2, 0.25) is 0 Å². The van der Waals surface area contributed by atoms with E-state index in [4.69, 9.17) is 9.31 Å². The van der Waals surface area contributed by atoms with Crippen LogP contribution in [0, 0.1) is 0 Å². The summed E-state index contributed by atoms with van der Waals surface area (Å²) in [4.78, 5) is 16.3. The molecule has 2 fully saturated rings. The summed E-state index contributed by atoms with van der Waals surface area (Å²) in [5.41, 5.74) is 1.24. The van der Waals surface area contributed by atoms with Crippen molar-refractivity contribution in [3.63, 3.8) is 0 Å². The molecule has 1 aromatic carbocycles. The average molecular weight is 344 g/mol. The van der Waals surface area contributed by atoms with Crippen molar-refractivity contribution in [2.75, 3.05) is 33.2 Å². The fourth-order valence-electron chi connectivity index (χ4n) is 3.34. The first kappa shape index (κ1) is 18.6. The number of likely N-dealkylation sites (N-methyl/N-ethyl adjacent to an activating group) is 1. The molecule has 0 bridgehead atoms. The Bertz CT molecular complexity index is 611. The highest BCUT2D eigenvalue weighted by molar-refractivity contribution is 6.62. The number of nitrogens with zero attached hydrogens (tertiary/aromatic N) is 2. The number of aldehydes is 1. The highest BCUT2D eigenvalue weighted by Gasteiger charge is 2.51. The lowest BCUT2D eigenvalue weighted by molar-refractivity contribution is -0.113. The quantitative estimate of drug-likeness (QED) is 0.611. The van der Waals surface area contributed by atoms with Gasteiger partial charge in [0.1, 0.15) is 6.29 Å². The fraction of sp³-hybridized carbons (Fsp3) is 0.632. The Morgan fingerprint density at radius 2 is 1.68 bits per heavy atom. The minimum Gasteiger partial charge on any atom is -0.399 e. The topological polar surface area (TPSA) is 42.0 Å². The van der Waals surface area contributed by atoms with Crippen LogP contribution >= 0.6 is 0 Å².